The zero-order chi connectivity index (χ0) is 15.1. The van der Waals surface area contributed by atoms with Crippen LogP contribution in [-0.4, -0.2) is 27.8 Å². The van der Waals surface area contributed by atoms with E-state index in [4.69, 9.17) is 5.11 Å². The van der Waals surface area contributed by atoms with Gasteiger partial charge < -0.3 is 14.9 Å². The maximum Gasteiger partial charge on any atom is 0.251 e. The summed E-state index contributed by atoms with van der Waals surface area (Å²) >= 11 is 0. The number of carbonyl (C=O) groups is 1. The molecule has 0 radical (unpaired) electrons. The molecule has 6 nitrogen and oxygen atoms in total. The number of aliphatic hydroxyl groups excluding tert-OH is 1. The summed E-state index contributed by atoms with van der Waals surface area (Å²) in [6, 6.07) is 5.41. The molecule has 6 heteroatoms. The van der Waals surface area contributed by atoms with Gasteiger partial charge in [0, 0.05) is 17.5 Å². The summed E-state index contributed by atoms with van der Waals surface area (Å²) in [5.74, 6) is 5.93. The van der Waals surface area contributed by atoms with Crippen LogP contribution in [0.15, 0.2) is 29.1 Å². The monoisotopic (exact) mass is 285 g/mol. The molecule has 0 spiro atoms. The number of nitrogens with one attached hydrogen (secondary N) is 1. The highest BCUT2D eigenvalue weighted by Gasteiger charge is 2.10. The molecule has 2 aromatic rings. The quantitative estimate of drug-likeness (QED) is 0.819. The molecule has 0 aliphatic rings. The first-order valence-electron chi connectivity index (χ1n) is 6.44. The van der Waals surface area contributed by atoms with E-state index in [9.17, 15) is 4.79 Å². The average Bonchev–Trinajstić information content (AvgIpc) is 3.00. The number of nitrogens with zero attached hydrogens (tertiary/aromatic N) is 2. The van der Waals surface area contributed by atoms with E-state index in [1.165, 1.54) is 6.39 Å². The summed E-state index contributed by atoms with van der Waals surface area (Å²) in [4.78, 5) is 16.0. The molecule has 1 amide bonds. The Morgan fingerprint density at radius 3 is 3.05 bits per heavy atom. The fraction of sp³-hybridized carbons (Fsp3) is 0.267. The van der Waals surface area contributed by atoms with Gasteiger partial charge in [0.2, 0.25) is 6.39 Å². The van der Waals surface area contributed by atoms with E-state index in [0.29, 0.717) is 17.8 Å². The van der Waals surface area contributed by atoms with Crippen LogP contribution in [0.25, 0.3) is 0 Å². The van der Waals surface area contributed by atoms with Gasteiger partial charge in [-0.3, -0.25) is 4.79 Å². The highest BCUT2D eigenvalue weighted by molar-refractivity contribution is 5.95. The van der Waals surface area contributed by atoms with Crippen molar-refractivity contribution in [3.63, 3.8) is 0 Å². The molecule has 0 bridgehead atoms. The first-order chi connectivity index (χ1) is 10.2. The lowest BCUT2D eigenvalue weighted by Gasteiger charge is -2.06. The Bertz CT molecular complexity index is 669. The molecule has 108 valence electrons. The molecule has 0 saturated carbocycles. The molecule has 0 aliphatic heterocycles. The number of benzene rings is 1. The van der Waals surface area contributed by atoms with E-state index < -0.39 is 0 Å². The second-order valence-corrected chi connectivity index (χ2v) is 4.34. The molecule has 0 fully saturated rings. The van der Waals surface area contributed by atoms with E-state index >= 15 is 0 Å². The number of rotatable bonds is 4. The van der Waals surface area contributed by atoms with Gasteiger partial charge in [-0.2, -0.15) is 4.98 Å². The van der Waals surface area contributed by atoms with Crippen LogP contribution in [0, 0.1) is 18.8 Å². The van der Waals surface area contributed by atoms with Gasteiger partial charge in [-0.05, 0) is 24.6 Å². The van der Waals surface area contributed by atoms with Crippen molar-refractivity contribution in [2.75, 3.05) is 6.61 Å². The first-order valence-corrected chi connectivity index (χ1v) is 6.44. The van der Waals surface area contributed by atoms with Crippen LogP contribution in [0.3, 0.4) is 0 Å². The van der Waals surface area contributed by atoms with Crippen molar-refractivity contribution < 1.29 is 14.4 Å². The van der Waals surface area contributed by atoms with Crippen LogP contribution >= 0.6 is 0 Å². The Labute approximate surface area is 122 Å². The summed E-state index contributed by atoms with van der Waals surface area (Å²) in [6.45, 7) is 2.08. The minimum absolute atomic E-state index is 0.0247. The number of aromatic nitrogens is 2. The van der Waals surface area contributed by atoms with Gasteiger partial charge in [0.1, 0.15) is 0 Å². The standard InChI is InChI=1S/C15H15N3O3/c1-11-5-6-12(4-2-3-7-19)8-13(11)15(20)16-9-14-17-10-21-18-14/h5-6,8,10,19H,3,7,9H2,1H3,(H,16,20). The summed E-state index contributed by atoms with van der Waals surface area (Å²) in [5, 5.41) is 15.1. The second kappa shape index (κ2) is 7.22. The Kier molecular flexibility index (Phi) is 5.07. The fourth-order valence-corrected chi connectivity index (χ4v) is 1.69. The molecule has 1 aromatic heterocycles. The van der Waals surface area contributed by atoms with Crippen LogP contribution in [0.5, 0.6) is 0 Å². The Hall–Kier alpha value is -2.65. The maximum atomic E-state index is 12.2. The van der Waals surface area contributed by atoms with Crippen LogP contribution in [0.2, 0.25) is 0 Å². The third-order valence-corrected chi connectivity index (χ3v) is 2.77. The van der Waals surface area contributed by atoms with Crippen molar-refractivity contribution in [1.82, 2.24) is 15.5 Å². The van der Waals surface area contributed by atoms with Crippen LogP contribution in [-0.2, 0) is 6.54 Å². The normalized spacial score (nSPS) is 9.81. The minimum Gasteiger partial charge on any atom is -0.395 e. The number of hydrogen-bond acceptors (Lipinski definition) is 5. The van der Waals surface area contributed by atoms with Crippen molar-refractivity contribution in [2.24, 2.45) is 0 Å². The van der Waals surface area contributed by atoms with Gasteiger partial charge >= 0.3 is 0 Å². The summed E-state index contributed by atoms with van der Waals surface area (Å²) < 4.78 is 4.60. The SMILES string of the molecule is Cc1ccc(C#CCCO)cc1C(=O)NCc1ncon1. The highest BCUT2D eigenvalue weighted by atomic mass is 16.5. The molecule has 2 N–H and O–H groups in total. The van der Waals surface area contributed by atoms with Crippen LogP contribution < -0.4 is 5.32 Å². The van der Waals surface area contributed by atoms with Gasteiger partial charge in [-0.25, -0.2) is 0 Å². The predicted octanol–water partition coefficient (Wildman–Crippen LogP) is 1.04. The van der Waals surface area contributed by atoms with Crippen LogP contribution in [0.4, 0.5) is 0 Å². The van der Waals surface area contributed by atoms with Crippen molar-refractivity contribution in [2.45, 2.75) is 19.9 Å². The van der Waals surface area contributed by atoms with E-state index in [1.807, 2.05) is 19.1 Å². The van der Waals surface area contributed by atoms with E-state index in [-0.39, 0.29) is 19.1 Å². The van der Waals surface area contributed by atoms with Crippen molar-refractivity contribution in [1.29, 1.82) is 0 Å². The van der Waals surface area contributed by atoms with E-state index in [2.05, 4.69) is 31.8 Å². The van der Waals surface area contributed by atoms with Crippen molar-refractivity contribution >= 4 is 5.91 Å². The van der Waals surface area contributed by atoms with Crippen molar-refractivity contribution in [3.8, 4) is 11.8 Å². The Balaban J connectivity index is 2.09. The lowest BCUT2D eigenvalue weighted by Crippen LogP contribution is -2.24. The molecule has 1 heterocycles. The average molecular weight is 285 g/mol. The number of aryl methyl sites for hydroxylation is 1. The van der Waals surface area contributed by atoms with Gasteiger partial charge in [0.05, 0.1) is 13.2 Å². The maximum absolute atomic E-state index is 12.2. The van der Waals surface area contributed by atoms with Gasteiger partial charge in [0.15, 0.2) is 5.82 Å². The van der Waals surface area contributed by atoms with Crippen molar-refractivity contribution in [3.05, 3.63) is 47.1 Å². The molecule has 21 heavy (non-hydrogen) atoms. The number of carbonyl (C=O) groups excluding carboxylic acids is 1. The second-order valence-electron chi connectivity index (χ2n) is 4.34. The zero-order valence-electron chi connectivity index (χ0n) is 11.6. The summed E-state index contributed by atoms with van der Waals surface area (Å²) in [7, 11) is 0. The van der Waals surface area contributed by atoms with Gasteiger partial charge in [-0.15, -0.1) is 0 Å². The molecule has 0 saturated heterocycles. The smallest absolute Gasteiger partial charge is 0.251 e. The van der Waals surface area contributed by atoms with Gasteiger partial charge in [0.25, 0.3) is 5.91 Å². The third-order valence-electron chi connectivity index (χ3n) is 2.77. The molecule has 0 unspecified atom stereocenters. The third kappa shape index (κ3) is 4.16. The Morgan fingerprint density at radius 1 is 1.48 bits per heavy atom. The lowest BCUT2D eigenvalue weighted by molar-refractivity contribution is 0.0949. The molecular weight excluding hydrogens is 270 g/mol. The zero-order valence-corrected chi connectivity index (χ0v) is 11.6. The fourth-order valence-electron chi connectivity index (χ4n) is 1.69. The minimum atomic E-state index is -0.219. The first kappa shape index (κ1) is 14.8. The topological polar surface area (TPSA) is 88.2 Å². The lowest BCUT2D eigenvalue weighted by atomic mass is 10.0. The largest absolute Gasteiger partial charge is 0.395 e. The molecule has 0 aliphatic carbocycles. The number of aliphatic hydroxyl groups is 1. The Morgan fingerprint density at radius 2 is 2.33 bits per heavy atom. The molecule has 1 aromatic carbocycles. The molecule has 0 atom stereocenters. The number of hydrogen-bond donors (Lipinski definition) is 2. The summed E-state index contributed by atoms with van der Waals surface area (Å²) in [6.07, 6.45) is 1.62. The predicted molar refractivity (Wildman–Crippen MR) is 75.2 cm³/mol. The highest BCUT2D eigenvalue weighted by Crippen LogP contribution is 2.11. The number of amides is 1. The van der Waals surface area contributed by atoms with E-state index in [1.54, 1.807) is 6.07 Å². The summed E-state index contributed by atoms with van der Waals surface area (Å²) in [5.41, 5.74) is 2.14. The molecule has 2 rings (SSSR count). The van der Waals surface area contributed by atoms with Gasteiger partial charge in [-0.1, -0.05) is 23.1 Å². The van der Waals surface area contributed by atoms with Crippen LogP contribution in [0.1, 0.15) is 33.7 Å². The van der Waals surface area contributed by atoms with E-state index in [0.717, 1.165) is 11.1 Å². The molecular formula is C15H15N3O3.